The van der Waals surface area contributed by atoms with Gasteiger partial charge in [0.2, 0.25) is 0 Å². The molecule has 3 aromatic heterocycles. The van der Waals surface area contributed by atoms with Crippen LogP contribution in [-0.4, -0.2) is 20.9 Å². The normalized spacial score (nSPS) is 10.8. The highest BCUT2D eigenvalue weighted by atomic mass is 32.1. The molecule has 5 nitrogen and oxygen atoms in total. The predicted octanol–water partition coefficient (Wildman–Crippen LogP) is 5.60. The molecule has 5 aromatic rings. The highest BCUT2D eigenvalue weighted by molar-refractivity contribution is 7.15. The third-order valence-corrected chi connectivity index (χ3v) is 5.84. The van der Waals surface area contributed by atoms with Crippen LogP contribution in [0.25, 0.3) is 22.2 Å². The number of carbonyl (C=O) groups excluding carboxylic acids is 1. The molecule has 6 heteroatoms. The third kappa shape index (κ3) is 4.20. The number of benzene rings is 2. The molecule has 31 heavy (non-hydrogen) atoms. The summed E-state index contributed by atoms with van der Waals surface area (Å²) in [4.78, 5) is 27.5. The lowest BCUT2D eigenvalue weighted by Gasteiger charge is -2.09. The molecule has 1 N–H and O–H groups in total. The standard InChI is InChI=1S/C25H18N4OS/c30-24(29-25-27-16-19(31-25)14-17-6-2-1-3-7-17)21-15-23(18-10-12-26-13-11-18)28-22-9-5-4-8-20(21)22/h1-13,15-16H,14H2,(H,27,29,30). The van der Waals surface area contributed by atoms with E-state index in [4.69, 9.17) is 4.98 Å². The average Bonchev–Trinajstić information content (AvgIpc) is 3.26. The van der Waals surface area contributed by atoms with Gasteiger partial charge in [-0.15, -0.1) is 11.3 Å². The molecule has 0 radical (unpaired) electrons. The molecule has 150 valence electrons. The number of anilines is 1. The summed E-state index contributed by atoms with van der Waals surface area (Å²) < 4.78 is 0. The van der Waals surface area contributed by atoms with Gasteiger partial charge in [0.1, 0.15) is 0 Å². The summed E-state index contributed by atoms with van der Waals surface area (Å²) in [5, 5.41) is 4.35. The molecule has 0 aliphatic rings. The van der Waals surface area contributed by atoms with Crippen LogP contribution in [-0.2, 0) is 6.42 Å². The zero-order valence-corrected chi connectivity index (χ0v) is 17.3. The number of nitrogens with one attached hydrogen (secondary N) is 1. The number of hydrogen-bond acceptors (Lipinski definition) is 5. The summed E-state index contributed by atoms with van der Waals surface area (Å²) in [6, 6.07) is 23.5. The van der Waals surface area contributed by atoms with Crippen LogP contribution < -0.4 is 5.32 Å². The number of amides is 1. The SMILES string of the molecule is O=C(Nc1ncc(Cc2ccccc2)s1)c1cc(-c2ccncc2)nc2ccccc12. The lowest BCUT2D eigenvalue weighted by molar-refractivity contribution is 0.102. The maximum absolute atomic E-state index is 13.2. The van der Waals surface area contributed by atoms with E-state index in [1.807, 2.05) is 66.9 Å². The van der Waals surface area contributed by atoms with Gasteiger partial charge in [-0.25, -0.2) is 9.97 Å². The summed E-state index contributed by atoms with van der Waals surface area (Å²) >= 11 is 1.49. The Kier molecular flexibility index (Phi) is 5.21. The molecule has 0 spiro atoms. The Morgan fingerprint density at radius 3 is 2.55 bits per heavy atom. The molecule has 0 bridgehead atoms. The molecule has 0 fully saturated rings. The molecule has 2 aromatic carbocycles. The minimum Gasteiger partial charge on any atom is -0.298 e. The zero-order valence-electron chi connectivity index (χ0n) is 16.5. The second kappa shape index (κ2) is 8.45. The van der Waals surface area contributed by atoms with Crippen molar-refractivity contribution in [1.82, 2.24) is 15.0 Å². The maximum atomic E-state index is 13.2. The summed E-state index contributed by atoms with van der Waals surface area (Å²) in [6.07, 6.45) is 6.05. The van der Waals surface area contributed by atoms with Gasteiger partial charge in [-0.3, -0.25) is 15.1 Å². The number of para-hydroxylation sites is 1. The Hall–Kier alpha value is -3.90. The van der Waals surface area contributed by atoms with E-state index in [-0.39, 0.29) is 5.91 Å². The van der Waals surface area contributed by atoms with Gasteiger partial charge >= 0.3 is 0 Å². The van der Waals surface area contributed by atoms with Crippen LogP contribution in [0.4, 0.5) is 5.13 Å². The molecule has 1 amide bonds. The second-order valence-corrected chi connectivity index (χ2v) is 8.17. The van der Waals surface area contributed by atoms with Crippen LogP contribution in [0.15, 0.2) is 91.4 Å². The van der Waals surface area contributed by atoms with Gasteiger partial charge in [0.25, 0.3) is 5.91 Å². The number of rotatable bonds is 5. The van der Waals surface area contributed by atoms with Gasteiger partial charge in [-0.2, -0.15) is 0 Å². The first-order valence-electron chi connectivity index (χ1n) is 9.86. The van der Waals surface area contributed by atoms with Crippen molar-refractivity contribution in [2.75, 3.05) is 5.32 Å². The van der Waals surface area contributed by atoms with Crippen molar-refractivity contribution < 1.29 is 4.79 Å². The van der Waals surface area contributed by atoms with Crippen LogP contribution >= 0.6 is 11.3 Å². The number of nitrogens with zero attached hydrogens (tertiary/aromatic N) is 3. The van der Waals surface area contributed by atoms with E-state index in [1.54, 1.807) is 12.4 Å². The third-order valence-electron chi connectivity index (χ3n) is 4.93. The quantitative estimate of drug-likeness (QED) is 0.400. The van der Waals surface area contributed by atoms with Gasteiger partial charge in [0, 0.05) is 40.8 Å². The van der Waals surface area contributed by atoms with Crippen molar-refractivity contribution in [2.24, 2.45) is 0 Å². The van der Waals surface area contributed by atoms with E-state index in [0.717, 1.165) is 33.5 Å². The van der Waals surface area contributed by atoms with Crippen LogP contribution in [0.2, 0.25) is 0 Å². The summed E-state index contributed by atoms with van der Waals surface area (Å²) in [7, 11) is 0. The van der Waals surface area contributed by atoms with Crippen LogP contribution in [0.5, 0.6) is 0 Å². The van der Waals surface area contributed by atoms with Crippen molar-refractivity contribution >= 4 is 33.3 Å². The van der Waals surface area contributed by atoms with Crippen molar-refractivity contribution in [3.05, 3.63) is 107 Å². The first-order chi connectivity index (χ1) is 15.3. The number of fused-ring (bicyclic) bond motifs is 1. The zero-order chi connectivity index (χ0) is 21.0. The van der Waals surface area contributed by atoms with E-state index < -0.39 is 0 Å². The second-order valence-electron chi connectivity index (χ2n) is 7.06. The fourth-order valence-corrected chi connectivity index (χ4v) is 4.28. The minimum atomic E-state index is -0.200. The average molecular weight is 423 g/mol. The molecule has 5 rings (SSSR count). The maximum Gasteiger partial charge on any atom is 0.258 e. The number of pyridine rings is 2. The first-order valence-corrected chi connectivity index (χ1v) is 10.7. The van der Waals surface area contributed by atoms with E-state index in [0.29, 0.717) is 10.7 Å². The van der Waals surface area contributed by atoms with Gasteiger partial charge in [-0.1, -0.05) is 48.5 Å². The van der Waals surface area contributed by atoms with Crippen molar-refractivity contribution in [1.29, 1.82) is 0 Å². The molecule has 0 saturated heterocycles. The van der Waals surface area contributed by atoms with Gasteiger partial charge in [0.15, 0.2) is 5.13 Å². The van der Waals surface area contributed by atoms with Crippen LogP contribution in [0, 0.1) is 0 Å². The molecule has 0 unspecified atom stereocenters. The van der Waals surface area contributed by atoms with E-state index in [1.165, 1.54) is 16.9 Å². The topological polar surface area (TPSA) is 67.8 Å². The van der Waals surface area contributed by atoms with Crippen molar-refractivity contribution in [3.8, 4) is 11.3 Å². The Morgan fingerprint density at radius 2 is 1.71 bits per heavy atom. The first kappa shape index (κ1) is 19.1. The fourth-order valence-electron chi connectivity index (χ4n) is 3.44. The van der Waals surface area contributed by atoms with Crippen LogP contribution in [0.1, 0.15) is 20.8 Å². The molecule has 3 heterocycles. The molecular weight excluding hydrogens is 404 g/mol. The molecule has 0 atom stereocenters. The van der Waals surface area contributed by atoms with Gasteiger partial charge in [-0.05, 0) is 29.8 Å². The molecule has 0 saturated carbocycles. The number of aromatic nitrogens is 3. The van der Waals surface area contributed by atoms with Crippen LogP contribution in [0.3, 0.4) is 0 Å². The number of thiazole rings is 1. The lowest BCUT2D eigenvalue weighted by atomic mass is 10.0. The molecule has 0 aliphatic carbocycles. The van der Waals surface area contributed by atoms with E-state index in [2.05, 4.69) is 27.4 Å². The largest absolute Gasteiger partial charge is 0.298 e. The van der Waals surface area contributed by atoms with E-state index in [9.17, 15) is 4.79 Å². The smallest absolute Gasteiger partial charge is 0.258 e. The summed E-state index contributed by atoms with van der Waals surface area (Å²) in [6.45, 7) is 0. The van der Waals surface area contributed by atoms with E-state index >= 15 is 0 Å². The monoisotopic (exact) mass is 422 g/mol. The Balaban J connectivity index is 1.45. The highest BCUT2D eigenvalue weighted by Gasteiger charge is 2.15. The Labute approximate surface area is 183 Å². The predicted molar refractivity (Wildman–Crippen MR) is 124 cm³/mol. The Morgan fingerprint density at radius 1 is 0.935 bits per heavy atom. The number of hydrogen-bond donors (Lipinski definition) is 1. The van der Waals surface area contributed by atoms with Crippen molar-refractivity contribution in [2.45, 2.75) is 6.42 Å². The minimum absolute atomic E-state index is 0.200. The lowest BCUT2D eigenvalue weighted by Crippen LogP contribution is -2.12. The highest BCUT2D eigenvalue weighted by Crippen LogP contribution is 2.27. The number of carbonyl (C=O) groups is 1. The summed E-state index contributed by atoms with van der Waals surface area (Å²) in [5.74, 6) is -0.200. The summed E-state index contributed by atoms with van der Waals surface area (Å²) in [5.41, 5.74) is 4.19. The fraction of sp³-hybridized carbons (Fsp3) is 0.0400. The molecule has 0 aliphatic heterocycles. The molecular formula is C25H18N4OS. The Bertz CT molecular complexity index is 1350. The van der Waals surface area contributed by atoms with Crippen molar-refractivity contribution in [3.63, 3.8) is 0 Å². The van der Waals surface area contributed by atoms with Gasteiger partial charge < -0.3 is 0 Å². The van der Waals surface area contributed by atoms with Gasteiger partial charge in [0.05, 0.1) is 16.8 Å².